The molecule has 0 heterocycles. The topological polar surface area (TPSA) is 35.8 Å². The number of nitriles is 1. The van der Waals surface area contributed by atoms with E-state index in [4.69, 9.17) is 5.26 Å². The highest BCUT2D eigenvalue weighted by Crippen LogP contribution is 2.20. The summed E-state index contributed by atoms with van der Waals surface area (Å²) < 4.78 is 0. The summed E-state index contributed by atoms with van der Waals surface area (Å²) in [5.74, 6) is 0. The highest BCUT2D eigenvalue weighted by Gasteiger charge is 2.11. The van der Waals surface area contributed by atoms with Gasteiger partial charge in [-0.25, -0.2) is 0 Å². The zero-order chi connectivity index (χ0) is 14.5. The number of nitrogens with one attached hydrogen (secondary N) is 1. The fourth-order valence-electron chi connectivity index (χ4n) is 2.30. The van der Waals surface area contributed by atoms with Crippen molar-refractivity contribution >= 4 is 0 Å². The van der Waals surface area contributed by atoms with Gasteiger partial charge in [0.05, 0.1) is 11.6 Å². The van der Waals surface area contributed by atoms with Gasteiger partial charge < -0.3 is 5.32 Å². The Morgan fingerprint density at radius 3 is 2.25 bits per heavy atom. The molecule has 102 valence electrons. The number of rotatable bonds is 4. The van der Waals surface area contributed by atoms with Gasteiger partial charge in [-0.1, -0.05) is 42.0 Å². The Morgan fingerprint density at radius 2 is 1.60 bits per heavy atom. The molecule has 20 heavy (non-hydrogen) atoms. The molecular weight excluding hydrogens is 244 g/mol. The highest BCUT2D eigenvalue weighted by molar-refractivity contribution is 5.34. The summed E-state index contributed by atoms with van der Waals surface area (Å²) >= 11 is 0. The lowest BCUT2D eigenvalue weighted by Gasteiger charge is -2.21. The first kappa shape index (κ1) is 14.3. The van der Waals surface area contributed by atoms with Gasteiger partial charge >= 0.3 is 0 Å². The molecule has 0 amide bonds. The van der Waals surface area contributed by atoms with Crippen molar-refractivity contribution in [3.8, 4) is 6.07 Å². The largest absolute Gasteiger partial charge is 0.304 e. The van der Waals surface area contributed by atoms with Crippen molar-refractivity contribution in [3.05, 3.63) is 70.8 Å². The third-order valence-corrected chi connectivity index (χ3v) is 3.59. The third-order valence-electron chi connectivity index (χ3n) is 3.59. The van der Waals surface area contributed by atoms with Crippen molar-refractivity contribution in [1.29, 1.82) is 5.26 Å². The maximum Gasteiger partial charge on any atom is 0.0991 e. The van der Waals surface area contributed by atoms with E-state index in [2.05, 4.69) is 62.5 Å². The molecule has 2 atom stereocenters. The van der Waals surface area contributed by atoms with E-state index in [1.54, 1.807) is 0 Å². The Labute approximate surface area is 121 Å². The predicted octanol–water partition coefficient (Wildman–Crippen LogP) is 4.28. The molecule has 0 aromatic heterocycles. The van der Waals surface area contributed by atoms with Gasteiger partial charge in [0.15, 0.2) is 0 Å². The molecule has 0 aliphatic rings. The fourth-order valence-corrected chi connectivity index (χ4v) is 2.30. The van der Waals surface area contributed by atoms with Gasteiger partial charge in [0, 0.05) is 12.1 Å². The summed E-state index contributed by atoms with van der Waals surface area (Å²) in [5, 5.41) is 12.5. The van der Waals surface area contributed by atoms with Gasteiger partial charge in [-0.05, 0) is 44.0 Å². The van der Waals surface area contributed by atoms with Crippen LogP contribution in [-0.2, 0) is 0 Å². The number of nitrogens with zero attached hydrogens (tertiary/aromatic N) is 1. The molecule has 2 heteroatoms. The van der Waals surface area contributed by atoms with Crippen LogP contribution in [0.25, 0.3) is 0 Å². The number of hydrogen-bond acceptors (Lipinski definition) is 2. The Bertz CT molecular complexity index is 608. The van der Waals surface area contributed by atoms with Gasteiger partial charge in [0.2, 0.25) is 0 Å². The van der Waals surface area contributed by atoms with Gasteiger partial charge in [-0.3, -0.25) is 0 Å². The molecule has 1 unspecified atom stereocenters. The number of aryl methyl sites for hydroxylation is 1. The Morgan fingerprint density at radius 1 is 0.950 bits per heavy atom. The van der Waals surface area contributed by atoms with E-state index in [9.17, 15) is 0 Å². The second-order valence-corrected chi connectivity index (χ2v) is 5.26. The summed E-state index contributed by atoms with van der Waals surface area (Å²) in [4.78, 5) is 0. The van der Waals surface area contributed by atoms with Crippen LogP contribution in [0.4, 0.5) is 0 Å². The van der Waals surface area contributed by atoms with Crippen molar-refractivity contribution in [2.45, 2.75) is 32.9 Å². The van der Waals surface area contributed by atoms with Crippen LogP contribution in [0.2, 0.25) is 0 Å². The molecule has 0 aliphatic heterocycles. The minimum Gasteiger partial charge on any atom is -0.304 e. The molecule has 0 saturated carbocycles. The van der Waals surface area contributed by atoms with Crippen LogP contribution < -0.4 is 5.32 Å². The lowest BCUT2D eigenvalue weighted by molar-refractivity contribution is 0.494. The molecule has 0 bridgehead atoms. The van der Waals surface area contributed by atoms with Crippen LogP contribution in [-0.4, -0.2) is 0 Å². The van der Waals surface area contributed by atoms with Gasteiger partial charge in [-0.15, -0.1) is 0 Å². The van der Waals surface area contributed by atoms with Crippen LogP contribution >= 0.6 is 0 Å². The maximum atomic E-state index is 8.96. The molecule has 2 rings (SSSR count). The fraction of sp³-hybridized carbons (Fsp3) is 0.278. The molecule has 0 aliphatic carbocycles. The van der Waals surface area contributed by atoms with Crippen molar-refractivity contribution in [2.75, 3.05) is 0 Å². The van der Waals surface area contributed by atoms with Crippen molar-refractivity contribution < 1.29 is 0 Å². The monoisotopic (exact) mass is 264 g/mol. The first-order valence-corrected chi connectivity index (χ1v) is 6.93. The first-order valence-electron chi connectivity index (χ1n) is 6.93. The summed E-state index contributed by atoms with van der Waals surface area (Å²) in [6.45, 7) is 6.38. The van der Waals surface area contributed by atoms with Gasteiger partial charge in [0.25, 0.3) is 0 Å². The molecule has 1 N–H and O–H groups in total. The summed E-state index contributed by atoms with van der Waals surface area (Å²) in [6.07, 6.45) is 0. The normalized spacial score (nSPS) is 13.5. The smallest absolute Gasteiger partial charge is 0.0991 e. The van der Waals surface area contributed by atoms with E-state index in [1.165, 1.54) is 11.1 Å². The van der Waals surface area contributed by atoms with Crippen LogP contribution in [0.15, 0.2) is 48.5 Å². The SMILES string of the molecule is Cc1ccc([C@H](C)NC(C)c2cccc(C#N)c2)cc1. The highest BCUT2D eigenvalue weighted by atomic mass is 14.9. The molecule has 0 saturated heterocycles. The average Bonchev–Trinajstić information content (AvgIpc) is 2.47. The van der Waals surface area contributed by atoms with Crippen LogP contribution in [0.5, 0.6) is 0 Å². The minimum absolute atomic E-state index is 0.208. The minimum atomic E-state index is 0.208. The lowest BCUT2D eigenvalue weighted by Crippen LogP contribution is -2.22. The summed E-state index contributed by atoms with van der Waals surface area (Å²) in [6, 6.07) is 19.0. The summed E-state index contributed by atoms with van der Waals surface area (Å²) in [5.41, 5.74) is 4.40. The molecule has 0 radical (unpaired) electrons. The number of hydrogen-bond donors (Lipinski definition) is 1. The molecule has 0 fully saturated rings. The van der Waals surface area contributed by atoms with Crippen molar-refractivity contribution in [1.82, 2.24) is 5.32 Å². The van der Waals surface area contributed by atoms with E-state index in [1.807, 2.05) is 18.2 Å². The van der Waals surface area contributed by atoms with Crippen molar-refractivity contribution in [2.24, 2.45) is 0 Å². The maximum absolute atomic E-state index is 8.96. The Kier molecular flexibility index (Phi) is 4.55. The second-order valence-electron chi connectivity index (χ2n) is 5.26. The van der Waals surface area contributed by atoms with Gasteiger partial charge in [-0.2, -0.15) is 5.26 Å². The average molecular weight is 264 g/mol. The Balaban J connectivity index is 2.08. The zero-order valence-electron chi connectivity index (χ0n) is 12.2. The standard InChI is InChI=1S/C18H20N2/c1-13-7-9-17(10-8-13)14(2)20-15(3)18-6-4-5-16(11-18)12-19/h4-11,14-15,20H,1-3H3/t14-,15?/m0/s1. The van der Waals surface area contributed by atoms with E-state index in [0.717, 1.165) is 5.56 Å². The quantitative estimate of drug-likeness (QED) is 0.894. The van der Waals surface area contributed by atoms with Crippen LogP contribution in [0.1, 0.15) is 48.2 Å². The number of benzene rings is 2. The van der Waals surface area contributed by atoms with Gasteiger partial charge in [0.1, 0.15) is 0 Å². The predicted molar refractivity (Wildman–Crippen MR) is 82.3 cm³/mol. The molecular formula is C18H20N2. The van der Waals surface area contributed by atoms with Crippen molar-refractivity contribution in [3.63, 3.8) is 0 Å². The molecule has 2 nitrogen and oxygen atoms in total. The second kappa shape index (κ2) is 6.36. The van der Waals surface area contributed by atoms with Crippen LogP contribution in [0.3, 0.4) is 0 Å². The van der Waals surface area contributed by atoms with E-state index < -0.39 is 0 Å². The van der Waals surface area contributed by atoms with E-state index >= 15 is 0 Å². The molecule has 2 aromatic carbocycles. The molecule has 0 spiro atoms. The lowest BCUT2D eigenvalue weighted by atomic mass is 10.0. The molecule has 2 aromatic rings. The first-order chi connectivity index (χ1) is 9.60. The van der Waals surface area contributed by atoms with Crippen LogP contribution in [0, 0.1) is 18.3 Å². The zero-order valence-corrected chi connectivity index (χ0v) is 12.2. The van der Waals surface area contributed by atoms with E-state index in [0.29, 0.717) is 5.56 Å². The van der Waals surface area contributed by atoms with E-state index in [-0.39, 0.29) is 12.1 Å². The summed E-state index contributed by atoms with van der Waals surface area (Å²) in [7, 11) is 0. The third kappa shape index (κ3) is 3.46. The Hall–Kier alpha value is -2.11.